The molecule has 2 aliphatic rings. The van der Waals surface area contributed by atoms with Crippen LogP contribution in [-0.4, -0.2) is 27.5 Å². The summed E-state index contributed by atoms with van der Waals surface area (Å²) < 4.78 is 0.341. The second-order valence-electron chi connectivity index (χ2n) is 4.34. The highest BCUT2D eigenvalue weighted by molar-refractivity contribution is 8.01. The minimum Gasteiger partial charge on any atom is -0.313 e. The van der Waals surface area contributed by atoms with Crippen LogP contribution in [-0.2, 0) is 0 Å². The summed E-state index contributed by atoms with van der Waals surface area (Å²) in [7, 11) is 0. The molecule has 1 unspecified atom stereocenters. The van der Waals surface area contributed by atoms with Gasteiger partial charge in [-0.15, -0.1) is 0 Å². The Morgan fingerprint density at radius 3 is 2.50 bits per heavy atom. The van der Waals surface area contributed by atoms with Crippen LogP contribution in [0.3, 0.4) is 0 Å². The van der Waals surface area contributed by atoms with Gasteiger partial charge in [-0.3, -0.25) is 0 Å². The fraction of sp³-hybridized carbons (Fsp3) is 0.900. The predicted molar refractivity (Wildman–Crippen MR) is 63.5 cm³/mol. The molecule has 2 nitrogen and oxygen atoms in total. The second-order valence-corrected chi connectivity index (χ2v) is 7.13. The second kappa shape index (κ2) is 3.96. The van der Waals surface area contributed by atoms with Crippen molar-refractivity contribution in [1.82, 2.24) is 0 Å². The van der Waals surface area contributed by atoms with Gasteiger partial charge in [-0.1, -0.05) is 0 Å². The zero-order valence-corrected chi connectivity index (χ0v) is 9.92. The average molecular weight is 228 g/mol. The third-order valence-corrected chi connectivity index (χ3v) is 5.78. The van der Waals surface area contributed by atoms with E-state index >= 15 is 0 Å². The van der Waals surface area contributed by atoms with Crippen LogP contribution in [0.4, 0.5) is 0 Å². The van der Waals surface area contributed by atoms with Crippen molar-refractivity contribution in [2.24, 2.45) is 5.73 Å². The first-order valence-corrected chi connectivity index (χ1v) is 7.24. The zero-order valence-electron chi connectivity index (χ0n) is 8.29. The van der Waals surface area contributed by atoms with Crippen molar-refractivity contribution in [1.29, 1.82) is 5.26 Å². The van der Waals surface area contributed by atoms with Gasteiger partial charge in [0, 0.05) is 4.75 Å². The first-order valence-electron chi connectivity index (χ1n) is 5.10. The maximum Gasteiger partial charge on any atom is 0.106 e. The summed E-state index contributed by atoms with van der Waals surface area (Å²) >= 11 is 4.09. The Labute approximate surface area is 94.0 Å². The number of nitrogens with zero attached hydrogens (tertiary/aromatic N) is 1. The van der Waals surface area contributed by atoms with Gasteiger partial charge in [-0.05, 0) is 42.9 Å². The van der Waals surface area contributed by atoms with Crippen LogP contribution in [0.5, 0.6) is 0 Å². The molecule has 0 saturated carbocycles. The van der Waals surface area contributed by atoms with Gasteiger partial charge < -0.3 is 5.73 Å². The van der Waals surface area contributed by atoms with Gasteiger partial charge in [-0.2, -0.15) is 28.8 Å². The lowest BCUT2D eigenvalue weighted by Crippen LogP contribution is -2.50. The molecular weight excluding hydrogens is 212 g/mol. The summed E-state index contributed by atoms with van der Waals surface area (Å²) in [5, 5.41) is 9.07. The Morgan fingerprint density at radius 2 is 1.86 bits per heavy atom. The number of rotatable bonds is 0. The SMILES string of the molecule is N#CC1(N)CCSC2(CCSCC2)C1. The summed E-state index contributed by atoms with van der Waals surface area (Å²) in [6, 6.07) is 2.31. The molecule has 14 heavy (non-hydrogen) atoms. The molecule has 2 saturated heterocycles. The van der Waals surface area contributed by atoms with Gasteiger partial charge >= 0.3 is 0 Å². The minimum absolute atomic E-state index is 0.341. The summed E-state index contributed by atoms with van der Waals surface area (Å²) in [4.78, 5) is 0. The summed E-state index contributed by atoms with van der Waals surface area (Å²) in [6.07, 6.45) is 4.25. The third-order valence-electron chi connectivity index (χ3n) is 3.22. The van der Waals surface area contributed by atoms with Crippen LogP contribution in [0.2, 0.25) is 0 Å². The van der Waals surface area contributed by atoms with E-state index in [2.05, 4.69) is 17.8 Å². The number of thioether (sulfide) groups is 2. The highest BCUT2D eigenvalue weighted by Gasteiger charge is 2.44. The molecule has 2 heterocycles. The monoisotopic (exact) mass is 228 g/mol. The molecule has 1 atom stereocenters. The van der Waals surface area contributed by atoms with Gasteiger partial charge in [0.25, 0.3) is 0 Å². The quantitative estimate of drug-likeness (QED) is 0.689. The Morgan fingerprint density at radius 1 is 1.14 bits per heavy atom. The van der Waals surface area contributed by atoms with Crippen molar-refractivity contribution in [2.75, 3.05) is 17.3 Å². The fourth-order valence-corrected chi connectivity index (χ4v) is 5.61. The van der Waals surface area contributed by atoms with Crippen LogP contribution in [0.15, 0.2) is 0 Å². The summed E-state index contributed by atoms with van der Waals surface area (Å²) in [5.74, 6) is 3.55. The van der Waals surface area contributed by atoms with E-state index in [9.17, 15) is 0 Å². The molecule has 0 amide bonds. The largest absolute Gasteiger partial charge is 0.313 e. The molecule has 0 radical (unpaired) electrons. The predicted octanol–water partition coefficient (Wildman–Crippen LogP) is 2.00. The lowest BCUT2D eigenvalue weighted by molar-refractivity contribution is 0.369. The van der Waals surface area contributed by atoms with Crippen molar-refractivity contribution < 1.29 is 0 Å². The molecule has 0 aromatic rings. The summed E-state index contributed by atoms with van der Waals surface area (Å²) in [6.45, 7) is 0. The smallest absolute Gasteiger partial charge is 0.106 e. The van der Waals surface area contributed by atoms with Crippen molar-refractivity contribution >= 4 is 23.5 Å². The molecular formula is C10H16N2S2. The Balaban J connectivity index is 2.09. The number of nitriles is 1. The molecule has 2 aliphatic heterocycles. The Hall–Kier alpha value is 0.150. The van der Waals surface area contributed by atoms with Gasteiger partial charge in [0.15, 0.2) is 0 Å². The lowest BCUT2D eigenvalue weighted by Gasteiger charge is -2.44. The highest BCUT2D eigenvalue weighted by atomic mass is 32.2. The molecule has 2 rings (SSSR count). The van der Waals surface area contributed by atoms with Crippen molar-refractivity contribution in [3.8, 4) is 6.07 Å². The standard InChI is InChI=1S/C10H16N2S2/c11-8-9(12)1-6-14-10(7-9)2-4-13-5-3-10/h1-7,12H2. The van der Waals surface area contributed by atoms with Crippen LogP contribution >= 0.6 is 23.5 Å². The van der Waals surface area contributed by atoms with E-state index in [-0.39, 0.29) is 0 Å². The highest BCUT2D eigenvalue weighted by Crippen LogP contribution is 2.48. The van der Waals surface area contributed by atoms with E-state index < -0.39 is 5.54 Å². The number of nitrogens with two attached hydrogens (primary N) is 1. The van der Waals surface area contributed by atoms with Crippen LogP contribution < -0.4 is 5.73 Å². The van der Waals surface area contributed by atoms with Gasteiger partial charge in [-0.25, -0.2) is 0 Å². The lowest BCUT2D eigenvalue weighted by atomic mass is 9.83. The molecule has 78 valence electrons. The van der Waals surface area contributed by atoms with Crippen LogP contribution in [0.25, 0.3) is 0 Å². The van der Waals surface area contributed by atoms with Crippen LogP contribution in [0.1, 0.15) is 25.7 Å². The number of hydrogen-bond donors (Lipinski definition) is 1. The normalized spacial score (nSPS) is 36.6. The Kier molecular flexibility index (Phi) is 3.01. The first kappa shape index (κ1) is 10.7. The molecule has 0 bridgehead atoms. The molecule has 4 heteroatoms. The van der Waals surface area contributed by atoms with Crippen molar-refractivity contribution in [3.05, 3.63) is 0 Å². The van der Waals surface area contributed by atoms with Gasteiger partial charge in [0.05, 0.1) is 6.07 Å². The van der Waals surface area contributed by atoms with E-state index in [1.165, 1.54) is 24.3 Å². The third kappa shape index (κ3) is 2.05. The van der Waals surface area contributed by atoms with Gasteiger partial charge in [0.1, 0.15) is 5.54 Å². The van der Waals surface area contributed by atoms with E-state index in [1.54, 1.807) is 0 Å². The number of hydrogen-bond acceptors (Lipinski definition) is 4. The first-order chi connectivity index (χ1) is 6.68. The molecule has 0 aromatic carbocycles. The van der Waals surface area contributed by atoms with Crippen molar-refractivity contribution in [3.63, 3.8) is 0 Å². The fourth-order valence-electron chi connectivity index (χ4n) is 2.32. The van der Waals surface area contributed by atoms with E-state index in [0.717, 1.165) is 18.6 Å². The van der Waals surface area contributed by atoms with Crippen LogP contribution in [0, 0.1) is 11.3 Å². The van der Waals surface area contributed by atoms with Gasteiger partial charge in [0.2, 0.25) is 0 Å². The minimum atomic E-state index is -0.534. The van der Waals surface area contributed by atoms with E-state index in [4.69, 9.17) is 11.0 Å². The molecule has 2 fully saturated rings. The maximum atomic E-state index is 9.07. The molecule has 1 spiro atoms. The van der Waals surface area contributed by atoms with Crippen molar-refractivity contribution in [2.45, 2.75) is 36.0 Å². The molecule has 2 N–H and O–H groups in total. The summed E-state index contributed by atoms with van der Waals surface area (Å²) in [5.41, 5.74) is 5.55. The zero-order chi connectivity index (χ0) is 10.1. The van der Waals surface area contributed by atoms with E-state index in [0.29, 0.717) is 4.75 Å². The maximum absolute atomic E-state index is 9.07. The molecule has 0 aromatic heterocycles. The molecule has 0 aliphatic carbocycles. The van der Waals surface area contributed by atoms with E-state index in [1.807, 2.05) is 11.8 Å². The topological polar surface area (TPSA) is 49.8 Å². The Bertz CT molecular complexity index is 250. The average Bonchev–Trinajstić information content (AvgIpc) is 2.19.